The molecule has 0 spiro atoms. The number of hydrogen-bond donors (Lipinski definition) is 0. The van der Waals surface area contributed by atoms with Gasteiger partial charge in [0, 0.05) is 0 Å². The molecule has 0 atom stereocenters. The van der Waals surface area contributed by atoms with Crippen LogP contribution in [-0.4, -0.2) is 4.98 Å². The smallest absolute Gasteiger partial charge is 0.381 e. The number of aromatic nitrogens is 1. The maximum atomic E-state index is 12.0. The molecule has 1 heterocycles. The minimum atomic E-state index is -0.751. The average molecular weight is 129 g/mol. The summed E-state index contributed by atoms with van der Waals surface area (Å²) in [7, 11) is 0. The highest BCUT2D eigenvalue weighted by molar-refractivity contribution is 4.97. The molecule has 0 saturated carbocycles. The third-order valence-corrected chi connectivity index (χ3v) is 1.09. The summed E-state index contributed by atoms with van der Waals surface area (Å²) in [6.07, 6.45) is 0.582. The second-order valence-corrected chi connectivity index (χ2v) is 2.18. The van der Waals surface area contributed by atoms with Crippen LogP contribution in [0.4, 0.5) is 4.39 Å². The van der Waals surface area contributed by atoms with E-state index in [2.05, 4.69) is 9.40 Å². The maximum Gasteiger partial charge on any atom is 0.381 e. The molecule has 0 aliphatic heterocycles. The summed E-state index contributed by atoms with van der Waals surface area (Å²) < 4.78 is 16.4. The Hall–Kier alpha value is -0.860. The van der Waals surface area contributed by atoms with E-state index in [0.29, 0.717) is 5.69 Å². The molecule has 0 radical (unpaired) electrons. The Labute approximate surface area is 52.7 Å². The summed E-state index contributed by atoms with van der Waals surface area (Å²) in [6.45, 7) is 3.86. The minimum absolute atomic E-state index is 0.234. The molecule has 2 nitrogen and oxygen atoms in total. The fourth-order valence-corrected chi connectivity index (χ4v) is 0.528. The summed E-state index contributed by atoms with van der Waals surface area (Å²) in [6, 6.07) is 0. The number of nitrogens with zero attached hydrogens (tertiary/aromatic N) is 1. The molecule has 0 fully saturated rings. The number of halogens is 1. The van der Waals surface area contributed by atoms with Gasteiger partial charge in [0.25, 0.3) is 0 Å². The van der Waals surface area contributed by atoms with E-state index in [1.807, 2.05) is 13.8 Å². The third kappa shape index (κ3) is 1.28. The van der Waals surface area contributed by atoms with Gasteiger partial charge in [-0.1, -0.05) is 13.8 Å². The molecule has 0 amide bonds. The highest BCUT2D eigenvalue weighted by Crippen LogP contribution is 2.11. The van der Waals surface area contributed by atoms with Crippen LogP contribution in [0.1, 0.15) is 25.5 Å². The first-order chi connectivity index (χ1) is 4.20. The van der Waals surface area contributed by atoms with Crippen LogP contribution in [0.15, 0.2) is 10.7 Å². The fourth-order valence-electron chi connectivity index (χ4n) is 0.528. The molecular weight excluding hydrogens is 121 g/mol. The second kappa shape index (κ2) is 2.17. The molecule has 0 unspecified atom stereocenters. The van der Waals surface area contributed by atoms with Crippen LogP contribution in [0.25, 0.3) is 0 Å². The molecule has 3 heteroatoms. The summed E-state index contributed by atoms with van der Waals surface area (Å²) in [5, 5.41) is 0. The van der Waals surface area contributed by atoms with Crippen LogP contribution in [0, 0.1) is 6.14 Å². The second-order valence-electron chi connectivity index (χ2n) is 2.18. The van der Waals surface area contributed by atoms with Crippen molar-refractivity contribution in [2.75, 3.05) is 0 Å². The van der Waals surface area contributed by atoms with Crippen molar-refractivity contribution in [3.05, 3.63) is 18.1 Å². The van der Waals surface area contributed by atoms with Gasteiger partial charge in [-0.15, -0.1) is 4.39 Å². The van der Waals surface area contributed by atoms with Crippen molar-refractivity contribution in [3.63, 3.8) is 0 Å². The van der Waals surface area contributed by atoms with Crippen molar-refractivity contribution >= 4 is 0 Å². The van der Waals surface area contributed by atoms with Gasteiger partial charge in [-0.2, -0.15) is 4.98 Å². The summed E-state index contributed by atoms with van der Waals surface area (Å²) in [4.78, 5) is 3.48. The highest BCUT2D eigenvalue weighted by Gasteiger charge is 2.04. The zero-order valence-electron chi connectivity index (χ0n) is 5.39. The van der Waals surface area contributed by atoms with E-state index in [-0.39, 0.29) is 5.92 Å². The van der Waals surface area contributed by atoms with E-state index in [1.165, 1.54) is 6.26 Å². The number of oxazole rings is 1. The van der Waals surface area contributed by atoms with Crippen LogP contribution in [0.5, 0.6) is 0 Å². The molecule has 0 aromatic carbocycles. The third-order valence-electron chi connectivity index (χ3n) is 1.09. The average Bonchev–Trinajstić information content (AvgIpc) is 2.14. The topological polar surface area (TPSA) is 26.0 Å². The molecule has 0 saturated heterocycles. The van der Waals surface area contributed by atoms with Crippen LogP contribution in [0.2, 0.25) is 0 Å². The van der Waals surface area contributed by atoms with Crippen molar-refractivity contribution in [1.29, 1.82) is 0 Å². The lowest BCUT2D eigenvalue weighted by molar-refractivity contribution is 0.336. The lowest BCUT2D eigenvalue weighted by atomic mass is 10.2. The Balaban J connectivity index is 2.85. The summed E-state index contributed by atoms with van der Waals surface area (Å²) >= 11 is 0. The van der Waals surface area contributed by atoms with Gasteiger partial charge in [0.05, 0.1) is 5.69 Å². The van der Waals surface area contributed by atoms with Gasteiger partial charge in [-0.25, -0.2) is 0 Å². The lowest BCUT2D eigenvalue weighted by Crippen LogP contribution is -1.85. The van der Waals surface area contributed by atoms with E-state index in [0.717, 1.165) is 0 Å². The number of hydrogen-bond acceptors (Lipinski definition) is 2. The Morgan fingerprint density at radius 3 is 2.56 bits per heavy atom. The standard InChI is InChI=1S/C6H8FNO/c1-4(2)5-3-9-6(7)8-5/h3-4H,1-2H3. The lowest BCUT2D eigenvalue weighted by Gasteiger charge is -1.92. The predicted octanol–water partition coefficient (Wildman–Crippen LogP) is 1.94. The number of rotatable bonds is 1. The van der Waals surface area contributed by atoms with Crippen molar-refractivity contribution in [1.82, 2.24) is 4.98 Å². The Bertz CT molecular complexity index is 195. The monoisotopic (exact) mass is 129 g/mol. The Kier molecular flexibility index (Phi) is 1.51. The SMILES string of the molecule is CC(C)c1coc(F)n1. The predicted molar refractivity (Wildman–Crippen MR) is 30.5 cm³/mol. The zero-order chi connectivity index (χ0) is 6.85. The quantitative estimate of drug-likeness (QED) is 0.579. The van der Waals surface area contributed by atoms with Gasteiger partial charge in [0.1, 0.15) is 6.26 Å². The molecule has 50 valence electrons. The Morgan fingerprint density at radius 2 is 2.33 bits per heavy atom. The summed E-state index contributed by atoms with van der Waals surface area (Å²) in [5.74, 6) is 0.234. The normalized spacial score (nSPS) is 10.7. The van der Waals surface area contributed by atoms with Crippen molar-refractivity contribution in [2.24, 2.45) is 0 Å². The van der Waals surface area contributed by atoms with Crippen molar-refractivity contribution in [2.45, 2.75) is 19.8 Å². The van der Waals surface area contributed by atoms with Gasteiger partial charge < -0.3 is 4.42 Å². The summed E-state index contributed by atoms with van der Waals surface area (Å²) in [5.41, 5.74) is 0.660. The molecule has 1 aromatic heterocycles. The molecule has 1 aromatic rings. The van der Waals surface area contributed by atoms with Gasteiger partial charge >= 0.3 is 6.14 Å². The van der Waals surface area contributed by atoms with Crippen LogP contribution < -0.4 is 0 Å². The molecule has 9 heavy (non-hydrogen) atoms. The molecule has 1 rings (SSSR count). The van der Waals surface area contributed by atoms with Gasteiger partial charge in [0.2, 0.25) is 0 Å². The first kappa shape index (κ1) is 6.26. The molecular formula is C6H8FNO. The molecule has 0 aliphatic rings. The van der Waals surface area contributed by atoms with Gasteiger partial charge in [0.15, 0.2) is 0 Å². The largest absolute Gasteiger partial charge is 0.423 e. The van der Waals surface area contributed by atoms with Gasteiger partial charge in [-0.05, 0) is 5.92 Å². The van der Waals surface area contributed by atoms with Gasteiger partial charge in [-0.3, -0.25) is 0 Å². The van der Waals surface area contributed by atoms with E-state index in [9.17, 15) is 4.39 Å². The first-order valence-corrected chi connectivity index (χ1v) is 2.81. The van der Waals surface area contributed by atoms with Crippen molar-refractivity contribution in [3.8, 4) is 0 Å². The van der Waals surface area contributed by atoms with E-state index < -0.39 is 6.14 Å². The van der Waals surface area contributed by atoms with E-state index in [1.54, 1.807) is 0 Å². The fraction of sp³-hybridized carbons (Fsp3) is 0.500. The maximum absolute atomic E-state index is 12.0. The van der Waals surface area contributed by atoms with E-state index >= 15 is 0 Å². The minimum Gasteiger partial charge on any atom is -0.423 e. The molecule has 0 N–H and O–H groups in total. The van der Waals surface area contributed by atoms with E-state index in [4.69, 9.17) is 0 Å². The zero-order valence-corrected chi connectivity index (χ0v) is 5.39. The van der Waals surface area contributed by atoms with Crippen LogP contribution >= 0.6 is 0 Å². The van der Waals surface area contributed by atoms with Crippen LogP contribution in [-0.2, 0) is 0 Å². The highest BCUT2D eigenvalue weighted by atomic mass is 19.1. The van der Waals surface area contributed by atoms with Crippen LogP contribution in [0.3, 0.4) is 0 Å². The molecule has 0 aliphatic carbocycles. The van der Waals surface area contributed by atoms with Crippen molar-refractivity contribution < 1.29 is 8.81 Å². The molecule has 0 bridgehead atoms. The first-order valence-electron chi connectivity index (χ1n) is 2.81. The Morgan fingerprint density at radius 1 is 1.67 bits per heavy atom.